The predicted molar refractivity (Wildman–Crippen MR) is 389 cm³/mol. The Morgan fingerprint density at radius 2 is 0.466 bits per heavy atom. The summed E-state index contributed by atoms with van der Waals surface area (Å²) in [5.41, 5.74) is 0. The zero-order valence-electron chi connectivity index (χ0n) is 60.5. The SMILES string of the molecule is CCCCCCCCCCCCCCCCCCCCCCCCCCCC(O)C(CO)NC(=O)CCCCCCCCCCCCCCCCCCCCCCCCCCCCCCCCCCOC(=O)CCCCCCCCCCCCCCCC. The van der Waals surface area contributed by atoms with Crippen molar-refractivity contribution in [2.45, 2.75) is 501 Å². The average Bonchev–Trinajstić information content (AvgIpc) is 3.58. The van der Waals surface area contributed by atoms with Crippen LogP contribution in [0.4, 0.5) is 0 Å². The minimum absolute atomic E-state index is 0.0235. The van der Waals surface area contributed by atoms with Gasteiger partial charge in [-0.25, -0.2) is 0 Å². The van der Waals surface area contributed by atoms with Crippen LogP contribution < -0.4 is 5.32 Å². The van der Waals surface area contributed by atoms with E-state index in [4.69, 9.17) is 4.74 Å². The topological polar surface area (TPSA) is 95.9 Å². The van der Waals surface area contributed by atoms with Gasteiger partial charge in [0, 0.05) is 12.8 Å². The molecule has 0 aliphatic rings. The van der Waals surface area contributed by atoms with E-state index >= 15 is 0 Å². The second kappa shape index (κ2) is 78.3. The van der Waals surface area contributed by atoms with E-state index in [1.807, 2.05) is 0 Å². The van der Waals surface area contributed by atoms with E-state index in [1.54, 1.807) is 0 Å². The summed E-state index contributed by atoms with van der Waals surface area (Å²) in [6.07, 6.45) is 97.8. The molecule has 0 aromatic rings. The minimum Gasteiger partial charge on any atom is -0.466 e. The van der Waals surface area contributed by atoms with Crippen LogP contribution in [0.2, 0.25) is 0 Å². The van der Waals surface area contributed by atoms with Crippen molar-refractivity contribution in [2.24, 2.45) is 0 Å². The predicted octanol–water partition coefficient (Wildman–Crippen LogP) is 27.3. The highest BCUT2D eigenvalue weighted by Crippen LogP contribution is 2.21. The highest BCUT2D eigenvalue weighted by molar-refractivity contribution is 5.76. The van der Waals surface area contributed by atoms with Crippen molar-refractivity contribution in [3.05, 3.63) is 0 Å². The summed E-state index contributed by atoms with van der Waals surface area (Å²) < 4.78 is 5.50. The number of aliphatic hydroxyl groups excluding tert-OH is 2. The van der Waals surface area contributed by atoms with Crippen LogP contribution >= 0.6 is 0 Å². The van der Waals surface area contributed by atoms with Crippen LogP contribution in [-0.2, 0) is 14.3 Å². The number of nitrogens with one attached hydrogen (secondary N) is 1. The molecule has 88 heavy (non-hydrogen) atoms. The number of rotatable bonds is 79. The summed E-state index contributed by atoms with van der Waals surface area (Å²) >= 11 is 0. The van der Waals surface area contributed by atoms with Gasteiger partial charge in [0.15, 0.2) is 0 Å². The number of ether oxygens (including phenoxy) is 1. The van der Waals surface area contributed by atoms with Gasteiger partial charge in [0.05, 0.1) is 25.4 Å². The molecule has 0 radical (unpaired) electrons. The van der Waals surface area contributed by atoms with Crippen LogP contribution in [0.15, 0.2) is 0 Å². The number of carbonyl (C=O) groups excluding carboxylic acids is 2. The first kappa shape index (κ1) is 86.9. The Balaban J connectivity index is 3.32. The maximum Gasteiger partial charge on any atom is 0.305 e. The molecule has 6 nitrogen and oxygen atoms in total. The van der Waals surface area contributed by atoms with Gasteiger partial charge in [0.25, 0.3) is 0 Å². The second-order valence-corrected chi connectivity index (χ2v) is 28.8. The van der Waals surface area contributed by atoms with Gasteiger partial charge in [0.2, 0.25) is 5.91 Å². The molecule has 1 amide bonds. The molecule has 0 heterocycles. The fourth-order valence-corrected chi connectivity index (χ4v) is 13.6. The zero-order valence-corrected chi connectivity index (χ0v) is 60.5. The molecule has 0 aromatic carbocycles. The molecule has 2 unspecified atom stereocenters. The van der Waals surface area contributed by atoms with Crippen molar-refractivity contribution in [2.75, 3.05) is 13.2 Å². The molecule has 0 aliphatic carbocycles. The third kappa shape index (κ3) is 73.9. The molecule has 0 saturated heterocycles. The molecule has 2 atom stereocenters. The summed E-state index contributed by atoms with van der Waals surface area (Å²) in [6.45, 7) is 5.02. The van der Waals surface area contributed by atoms with Crippen molar-refractivity contribution >= 4 is 11.9 Å². The van der Waals surface area contributed by atoms with E-state index in [0.717, 1.165) is 38.5 Å². The third-order valence-electron chi connectivity index (χ3n) is 19.9. The number of carbonyl (C=O) groups is 2. The van der Waals surface area contributed by atoms with E-state index in [1.165, 1.54) is 417 Å². The van der Waals surface area contributed by atoms with Crippen LogP contribution in [-0.4, -0.2) is 47.4 Å². The van der Waals surface area contributed by atoms with Crippen LogP contribution in [0.3, 0.4) is 0 Å². The molecule has 0 aliphatic heterocycles. The van der Waals surface area contributed by atoms with E-state index in [2.05, 4.69) is 19.2 Å². The Morgan fingerprint density at radius 1 is 0.273 bits per heavy atom. The van der Waals surface area contributed by atoms with Gasteiger partial charge in [-0.05, 0) is 25.7 Å². The number of esters is 1. The molecular weight excluding hydrogens is 1080 g/mol. The summed E-state index contributed by atoms with van der Waals surface area (Å²) in [6, 6.07) is -0.539. The first-order valence-corrected chi connectivity index (χ1v) is 41.3. The molecule has 0 spiro atoms. The van der Waals surface area contributed by atoms with E-state index < -0.39 is 12.1 Å². The smallest absolute Gasteiger partial charge is 0.305 e. The van der Waals surface area contributed by atoms with Crippen LogP contribution in [0, 0.1) is 0 Å². The first-order chi connectivity index (χ1) is 43.5. The Morgan fingerprint density at radius 3 is 0.693 bits per heavy atom. The quantitative estimate of drug-likeness (QED) is 0.0417. The molecule has 0 aromatic heterocycles. The molecule has 526 valence electrons. The lowest BCUT2D eigenvalue weighted by Crippen LogP contribution is -2.45. The van der Waals surface area contributed by atoms with E-state index in [-0.39, 0.29) is 18.5 Å². The second-order valence-electron chi connectivity index (χ2n) is 28.8. The Kier molecular flexibility index (Phi) is 77.3. The minimum atomic E-state index is -0.662. The van der Waals surface area contributed by atoms with Gasteiger partial charge in [-0.3, -0.25) is 9.59 Å². The molecule has 0 bridgehead atoms. The highest BCUT2D eigenvalue weighted by Gasteiger charge is 2.20. The number of amides is 1. The average molecular weight is 1240 g/mol. The molecule has 0 saturated carbocycles. The summed E-state index contributed by atoms with van der Waals surface area (Å²) in [7, 11) is 0. The number of aliphatic hydroxyl groups is 2. The van der Waals surface area contributed by atoms with Gasteiger partial charge in [0.1, 0.15) is 0 Å². The van der Waals surface area contributed by atoms with E-state index in [0.29, 0.717) is 25.9 Å². The highest BCUT2D eigenvalue weighted by atomic mass is 16.5. The molecule has 3 N–H and O–H groups in total. The molecule has 6 heteroatoms. The van der Waals surface area contributed by atoms with E-state index in [9.17, 15) is 19.8 Å². The molecule has 0 fully saturated rings. The van der Waals surface area contributed by atoms with Crippen molar-refractivity contribution in [1.29, 1.82) is 0 Å². The number of hydrogen-bond donors (Lipinski definition) is 3. The van der Waals surface area contributed by atoms with Gasteiger partial charge < -0.3 is 20.3 Å². The van der Waals surface area contributed by atoms with Gasteiger partial charge in [-0.2, -0.15) is 0 Å². The normalized spacial score (nSPS) is 12.4. The standard InChI is InChI=1S/C82H163NO5/c1-3-5-7-9-11-13-15-17-19-20-21-22-23-32-35-38-41-44-47-50-54-58-62-66-70-74-80(85)79(78-84)83-81(86)75-71-67-63-59-55-51-48-45-42-39-36-33-30-28-26-24-25-27-29-31-34-37-40-43-46-49-53-57-61-65-69-73-77-88-82(87)76-72-68-64-60-56-52-18-16-14-12-10-8-6-4-2/h79-80,84-85H,3-78H2,1-2H3,(H,83,86). The molecular formula is C82H163NO5. The lowest BCUT2D eigenvalue weighted by atomic mass is 10.0. The summed E-state index contributed by atoms with van der Waals surface area (Å²) in [5.74, 6) is 0.00167. The summed E-state index contributed by atoms with van der Waals surface area (Å²) in [5, 5.41) is 23.5. The van der Waals surface area contributed by atoms with Gasteiger partial charge in [-0.15, -0.1) is 0 Å². The Labute approximate surface area is 553 Å². The van der Waals surface area contributed by atoms with Crippen molar-refractivity contribution in [1.82, 2.24) is 5.32 Å². The van der Waals surface area contributed by atoms with Gasteiger partial charge in [-0.1, -0.05) is 450 Å². The first-order valence-electron chi connectivity index (χ1n) is 41.3. The molecule has 0 rings (SSSR count). The Bertz CT molecular complexity index is 1290. The van der Waals surface area contributed by atoms with Crippen molar-refractivity contribution in [3.63, 3.8) is 0 Å². The third-order valence-corrected chi connectivity index (χ3v) is 19.9. The zero-order chi connectivity index (χ0) is 63.5. The number of hydrogen-bond acceptors (Lipinski definition) is 5. The van der Waals surface area contributed by atoms with Crippen molar-refractivity contribution in [3.8, 4) is 0 Å². The lowest BCUT2D eigenvalue weighted by Gasteiger charge is -2.22. The summed E-state index contributed by atoms with van der Waals surface area (Å²) in [4.78, 5) is 24.7. The fourth-order valence-electron chi connectivity index (χ4n) is 13.6. The maximum absolute atomic E-state index is 12.6. The lowest BCUT2D eigenvalue weighted by molar-refractivity contribution is -0.143. The monoisotopic (exact) mass is 1240 g/mol. The van der Waals surface area contributed by atoms with Crippen LogP contribution in [0.25, 0.3) is 0 Å². The Hall–Kier alpha value is -1.14. The van der Waals surface area contributed by atoms with Gasteiger partial charge >= 0.3 is 5.97 Å². The van der Waals surface area contributed by atoms with Crippen molar-refractivity contribution < 1.29 is 24.5 Å². The number of unbranched alkanes of at least 4 members (excludes halogenated alkanes) is 68. The van der Waals surface area contributed by atoms with Crippen LogP contribution in [0.5, 0.6) is 0 Å². The maximum atomic E-state index is 12.6. The van der Waals surface area contributed by atoms with Crippen LogP contribution in [0.1, 0.15) is 489 Å². The largest absolute Gasteiger partial charge is 0.466 e. The fraction of sp³-hybridized carbons (Fsp3) is 0.976.